The smallest absolute Gasteiger partial charge is 0.318 e. The number of ether oxygens (including phenoxy) is 1. The van der Waals surface area contributed by atoms with Crippen LogP contribution < -0.4 is 5.73 Å². The molecule has 0 aromatic carbocycles. The molecule has 2 atom stereocenters. The van der Waals surface area contributed by atoms with Crippen LogP contribution in [0, 0.1) is 0 Å². The summed E-state index contributed by atoms with van der Waals surface area (Å²) in [5.74, 6) is -0.196. The maximum Gasteiger partial charge on any atom is 0.318 e. The molecular formula is C6H12INO2. The number of carbonyl (C=O) groups excluding carboxylic acids is 1. The van der Waals surface area contributed by atoms with Crippen LogP contribution in [-0.2, 0) is 9.53 Å². The van der Waals surface area contributed by atoms with E-state index in [1.807, 2.05) is 22.6 Å². The molecule has 0 radical (unpaired) electrons. The Labute approximate surface area is 74.4 Å². The maximum absolute atomic E-state index is 10.8. The first-order valence-corrected chi connectivity index (χ1v) is 4.37. The fourth-order valence-electron chi connectivity index (χ4n) is 0.340. The molecule has 0 fully saturated rings. The van der Waals surface area contributed by atoms with Crippen LogP contribution in [0.5, 0.6) is 0 Å². The first-order chi connectivity index (χ1) is 4.57. The number of esters is 1. The summed E-state index contributed by atoms with van der Waals surface area (Å²) in [6.07, 6.45) is -0.162. The van der Waals surface area contributed by atoms with Gasteiger partial charge in [-0.15, -0.1) is 0 Å². The number of hydrogen-bond donors (Lipinski definition) is 1. The molecule has 0 amide bonds. The van der Waals surface area contributed by atoms with Crippen LogP contribution in [0.25, 0.3) is 0 Å². The Kier molecular flexibility index (Phi) is 4.98. The van der Waals surface area contributed by atoms with Gasteiger partial charge in [-0.25, -0.2) is 0 Å². The third-order valence-electron chi connectivity index (χ3n) is 0.974. The molecule has 0 heterocycles. The fraction of sp³-hybridized carbons (Fsp3) is 0.833. The van der Waals surface area contributed by atoms with E-state index in [0.29, 0.717) is 6.54 Å². The molecule has 3 nitrogen and oxygen atoms in total. The summed E-state index contributed by atoms with van der Waals surface area (Å²) in [6, 6.07) is 0. The average molecular weight is 257 g/mol. The molecule has 0 aliphatic rings. The highest BCUT2D eigenvalue weighted by molar-refractivity contribution is 14.1. The van der Waals surface area contributed by atoms with Crippen molar-refractivity contribution in [2.45, 2.75) is 23.9 Å². The maximum atomic E-state index is 10.8. The van der Waals surface area contributed by atoms with Gasteiger partial charge >= 0.3 is 5.97 Å². The Morgan fingerprint density at radius 3 is 2.50 bits per heavy atom. The van der Waals surface area contributed by atoms with E-state index in [-0.39, 0.29) is 16.0 Å². The minimum absolute atomic E-state index is 0.0911. The van der Waals surface area contributed by atoms with E-state index in [9.17, 15) is 4.79 Å². The second kappa shape index (κ2) is 4.90. The van der Waals surface area contributed by atoms with Gasteiger partial charge in [0, 0.05) is 6.54 Å². The van der Waals surface area contributed by atoms with E-state index >= 15 is 0 Å². The lowest BCUT2D eigenvalue weighted by molar-refractivity contribution is -0.146. The van der Waals surface area contributed by atoms with E-state index in [4.69, 9.17) is 10.5 Å². The molecule has 2 unspecified atom stereocenters. The number of carbonyl (C=O) groups is 1. The second-order valence-corrected chi connectivity index (χ2v) is 3.97. The molecule has 4 heteroatoms. The van der Waals surface area contributed by atoms with Crippen molar-refractivity contribution in [1.82, 2.24) is 0 Å². The molecule has 0 aliphatic heterocycles. The average Bonchev–Trinajstić information content (AvgIpc) is 1.87. The molecule has 10 heavy (non-hydrogen) atoms. The summed E-state index contributed by atoms with van der Waals surface area (Å²) >= 11 is 2.00. The minimum Gasteiger partial charge on any atom is -0.461 e. The molecule has 0 rings (SSSR count). The third kappa shape index (κ3) is 4.05. The summed E-state index contributed by atoms with van der Waals surface area (Å²) < 4.78 is 4.80. The molecular weight excluding hydrogens is 245 g/mol. The molecule has 0 spiro atoms. The summed E-state index contributed by atoms with van der Waals surface area (Å²) in [6.45, 7) is 3.94. The lowest BCUT2D eigenvalue weighted by Crippen LogP contribution is -2.26. The number of hydrogen-bond acceptors (Lipinski definition) is 3. The molecule has 2 N–H and O–H groups in total. The van der Waals surface area contributed by atoms with Gasteiger partial charge in [0.05, 0.1) is 0 Å². The largest absolute Gasteiger partial charge is 0.461 e. The molecule has 0 aromatic heterocycles. The monoisotopic (exact) mass is 257 g/mol. The topological polar surface area (TPSA) is 52.3 Å². The van der Waals surface area contributed by atoms with Gasteiger partial charge in [-0.1, -0.05) is 22.6 Å². The van der Waals surface area contributed by atoms with Crippen molar-refractivity contribution >= 4 is 28.6 Å². The number of halogens is 1. The SMILES string of the molecule is CC(CN)OC(=O)C(C)I. The van der Waals surface area contributed by atoms with Gasteiger partial charge in [0.2, 0.25) is 0 Å². The zero-order valence-corrected chi connectivity index (χ0v) is 8.29. The molecule has 60 valence electrons. The summed E-state index contributed by atoms with van der Waals surface area (Å²) in [5, 5.41) is 0. The Balaban J connectivity index is 3.57. The lowest BCUT2D eigenvalue weighted by atomic mass is 10.4. The first kappa shape index (κ1) is 10.2. The van der Waals surface area contributed by atoms with Crippen molar-refractivity contribution in [2.24, 2.45) is 5.73 Å². The highest BCUT2D eigenvalue weighted by atomic mass is 127. The van der Waals surface area contributed by atoms with Crippen LogP contribution in [0.2, 0.25) is 0 Å². The van der Waals surface area contributed by atoms with Crippen LogP contribution in [0.4, 0.5) is 0 Å². The lowest BCUT2D eigenvalue weighted by Gasteiger charge is -2.11. The standard InChI is InChI=1S/C6H12INO2/c1-4(3-8)10-6(9)5(2)7/h4-5H,3,8H2,1-2H3. The molecule has 0 aliphatic carbocycles. The van der Waals surface area contributed by atoms with Gasteiger partial charge in [-0.3, -0.25) is 4.79 Å². The summed E-state index contributed by atoms with van der Waals surface area (Å²) in [7, 11) is 0. The number of rotatable bonds is 3. The van der Waals surface area contributed by atoms with Crippen molar-refractivity contribution in [3.05, 3.63) is 0 Å². The first-order valence-electron chi connectivity index (χ1n) is 3.12. The summed E-state index contributed by atoms with van der Waals surface area (Å²) in [5.41, 5.74) is 5.24. The Hall–Kier alpha value is 0.160. The van der Waals surface area contributed by atoms with Gasteiger partial charge in [-0.2, -0.15) is 0 Å². The van der Waals surface area contributed by atoms with Crippen LogP contribution in [0.15, 0.2) is 0 Å². The van der Waals surface area contributed by atoms with Crippen molar-refractivity contribution in [1.29, 1.82) is 0 Å². The van der Waals surface area contributed by atoms with Crippen molar-refractivity contribution < 1.29 is 9.53 Å². The normalized spacial score (nSPS) is 16.0. The van der Waals surface area contributed by atoms with E-state index in [1.54, 1.807) is 13.8 Å². The predicted octanol–water partition coefficient (Wildman–Crippen LogP) is 0.700. The quantitative estimate of drug-likeness (QED) is 0.460. The molecule has 0 saturated carbocycles. The fourth-order valence-corrected chi connectivity index (χ4v) is 0.487. The Morgan fingerprint density at radius 2 is 2.20 bits per heavy atom. The number of nitrogens with two attached hydrogens (primary N) is 1. The highest BCUT2D eigenvalue weighted by Gasteiger charge is 2.12. The van der Waals surface area contributed by atoms with Crippen molar-refractivity contribution in [3.8, 4) is 0 Å². The molecule has 0 saturated heterocycles. The van der Waals surface area contributed by atoms with Gasteiger partial charge < -0.3 is 10.5 Å². The van der Waals surface area contributed by atoms with Gasteiger partial charge in [-0.05, 0) is 13.8 Å². The zero-order valence-electron chi connectivity index (χ0n) is 6.13. The van der Waals surface area contributed by atoms with Crippen LogP contribution in [-0.4, -0.2) is 22.5 Å². The third-order valence-corrected chi connectivity index (χ3v) is 1.48. The van der Waals surface area contributed by atoms with Crippen molar-refractivity contribution in [3.63, 3.8) is 0 Å². The molecule has 0 aromatic rings. The summed E-state index contributed by atoms with van der Waals surface area (Å²) in [4.78, 5) is 10.8. The van der Waals surface area contributed by atoms with E-state index in [2.05, 4.69) is 0 Å². The minimum atomic E-state index is -0.196. The second-order valence-electron chi connectivity index (χ2n) is 2.10. The predicted molar refractivity (Wildman–Crippen MR) is 48.1 cm³/mol. The van der Waals surface area contributed by atoms with Crippen LogP contribution in [0.3, 0.4) is 0 Å². The van der Waals surface area contributed by atoms with Gasteiger partial charge in [0.25, 0.3) is 0 Å². The number of alkyl halides is 1. The molecule has 0 bridgehead atoms. The Morgan fingerprint density at radius 1 is 1.70 bits per heavy atom. The van der Waals surface area contributed by atoms with E-state index in [1.165, 1.54) is 0 Å². The highest BCUT2D eigenvalue weighted by Crippen LogP contribution is 2.02. The van der Waals surface area contributed by atoms with E-state index < -0.39 is 0 Å². The van der Waals surface area contributed by atoms with E-state index in [0.717, 1.165) is 0 Å². The van der Waals surface area contributed by atoms with Crippen molar-refractivity contribution in [2.75, 3.05) is 6.54 Å². The van der Waals surface area contributed by atoms with Gasteiger partial charge in [0.15, 0.2) is 0 Å². The van der Waals surface area contributed by atoms with Gasteiger partial charge in [0.1, 0.15) is 10.0 Å². The Bertz CT molecular complexity index is 116. The van der Waals surface area contributed by atoms with Crippen LogP contribution in [0.1, 0.15) is 13.8 Å². The van der Waals surface area contributed by atoms with Crippen LogP contribution >= 0.6 is 22.6 Å². The zero-order chi connectivity index (χ0) is 8.15.